The maximum Gasteiger partial charge on any atom is 0.0126 e. The first-order chi connectivity index (χ1) is 6.41. The van der Waals surface area contributed by atoms with Gasteiger partial charge in [0.05, 0.1) is 0 Å². The van der Waals surface area contributed by atoms with E-state index in [1.165, 1.54) is 32.6 Å². The molecule has 1 saturated heterocycles. The average Bonchev–Trinajstić information content (AvgIpc) is 2.04. The van der Waals surface area contributed by atoms with Crippen molar-refractivity contribution < 1.29 is 0 Å². The summed E-state index contributed by atoms with van der Waals surface area (Å²) in [7, 11) is 2.19. The lowest BCUT2D eigenvalue weighted by Gasteiger charge is -2.41. The van der Waals surface area contributed by atoms with Gasteiger partial charge in [0.2, 0.25) is 0 Å². The van der Waals surface area contributed by atoms with Crippen molar-refractivity contribution in [2.45, 2.75) is 46.6 Å². The van der Waals surface area contributed by atoms with E-state index in [0.29, 0.717) is 5.54 Å². The van der Waals surface area contributed by atoms with Gasteiger partial charge in [0.25, 0.3) is 0 Å². The van der Waals surface area contributed by atoms with Gasteiger partial charge >= 0.3 is 0 Å². The number of hydrogen-bond acceptors (Lipinski definition) is 2. The second kappa shape index (κ2) is 6.41. The molecular weight excluding hydrogens is 172 g/mol. The molecule has 1 heterocycles. The van der Waals surface area contributed by atoms with Crippen molar-refractivity contribution in [2.24, 2.45) is 0 Å². The van der Waals surface area contributed by atoms with E-state index in [4.69, 9.17) is 0 Å². The average molecular weight is 200 g/mol. The molecule has 0 saturated carbocycles. The maximum atomic E-state index is 2.55. The minimum atomic E-state index is 0.362. The zero-order valence-corrected chi connectivity index (χ0v) is 10.9. The molecular formula is C12H28N2. The highest BCUT2D eigenvalue weighted by Gasteiger charge is 2.23. The van der Waals surface area contributed by atoms with Crippen LogP contribution in [0.4, 0.5) is 0 Å². The van der Waals surface area contributed by atoms with E-state index in [9.17, 15) is 0 Å². The lowest BCUT2D eigenvalue weighted by Crippen LogP contribution is -2.52. The minimum absolute atomic E-state index is 0.362. The van der Waals surface area contributed by atoms with Crippen molar-refractivity contribution in [3.8, 4) is 0 Å². The fourth-order valence-corrected chi connectivity index (χ4v) is 1.48. The van der Waals surface area contributed by atoms with E-state index in [1.54, 1.807) is 0 Å². The number of likely N-dealkylation sites (N-methyl/N-ethyl adjacent to an activating group) is 1. The summed E-state index contributed by atoms with van der Waals surface area (Å²) in [4.78, 5) is 4.94. The van der Waals surface area contributed by atoms with Crippen molar-refractivity contribution >= 4 is 0 Å². The smallest absolute Gasteiger partial charge is 0.0126 e. The van der Waals surface area contributed by atoms with Crippen LogP contribution in [0.1, 0.15) is 41.0 Å². The fraction of sp³-hybridized carbons (Fsp3) is 1.00. The Balaban J connectivity index is 0.000000500. The van der Waals surface area contributed by atoms with E-state index in [2.05, 4.69) is 51.5 Å². The topological polar surface area (TPSA) is 6.48 Å². The largest absolute Gasteiger partial charge is 0.304 e. The number of nitrogens with zero attached hydrogens (tertiary/aromatic N) is 2. The summed E-state index contributed by atoms with van der Waals surface area (Å²) in [5.74, 6) is 0. The van der Waals surface area contributed by atoms with Crippen LogP contribution in [0.25, 0.3) is 0 Å². The van der Waals surface area contributed by atoms with Gasteiger partial charge < -0.3 is 4.90 Å². The Kier molecular flexibility index (Phi) is 6.38. The Bertz CT molecular complexity index is 130. The SMILES string of the molecule is CCC.CN1CCN(C(C)(C)C)CC1. The van der Waals surface area contributed by atoms with Crippen LogP contribution >= 0.6 is 0 Å². The zero-order valence-electron chi connectivity index (χ0n) is 10.9. The van der Waals surface area contributed by atoms with Gasteiger partial charge in [-0.3, -0.25) is 4.90 Å². The monoisotopic (exact) mass is 200 g/mol. The molecule has 1 aliphatic rings. The van der Waals surface area contributed by atoms with Crippen LogP contribution in [-0.4, -0.2) is 48.6 Å². The van der Waals surface area contributed by atoms with Crippen LogP contribution in [0.5, 0.6) is 0 Å². The minimum Gasteiger partial charge on any atom is -0.304 e. The second-order valence-electron chi connectivity index (χ2n) is 5.17. The molecule has 0 atom stereocenters. The zero-order chi connectivity index (χ0) is 11.2. The molecule has 14 heavy (non-hydrogen) atoms. The van der Waals surface area contributed by atoms with Gasteiger partial charge in [-0.05, 0) is 27.8 Å². The summed E-state index contributed by atoms with van der Waals surface area (Å²) < 4.78 is 0. The van der Waals surface area contributed by atoms with E-state index in [-0.39, 0.29) is 0 Å². The summed E-state index contributed by atoms with van der Waals surface area (Å²) >= 11 is 0. The summed E-state index contributed by atoms with van der Waals surface area (Å²) in [6, 6.07) is 0. The molecule has 0 aromatic heterocycles. The van der Waals surface area contributed by atoms with Gasteiger partial charge in [-0.2, -0.15) is 0 Å². The highest BCUT2D eigenvalue weighted by molar-refractivity contribution is 4.80. The Morgan fingerprint density at radius 1 is 0.929 bits per heavy atom. The van der Waals surface area contributed by atoms with E-state index in [0.717, 1.165) is 0 Å². The van der Waals surface area contributed by atoms with Crippen LogP contribution < -0.4 is 0 Å². The lowest BCUT2D eigenvalue weighted by molar-refractivity contribution is 0.0736. The highest BCUT2D eigenvalue weighted by atomic mass is 15.3. The van der Waals surface area contributed by atoms with Gasteiger partial charge in [0, 0.05) is 31.7 Å². The molecule has 0 unspecified atom stereocenters. The van der Waals surface area contributed by atoms with Crippen molar-refractivity contribution in [1.29, 1.82) is 0 Å². The molecule has 86 valence electrons. The number of rotatable bonds is 0. The molecule has 1 fully saturated rings. The molecule has 2 heteroatoms. The summed E-state index contributed by atoms with van der Waals surface area (Å²) in [5, 5.41) is 0. The third-order valence-electron chi connectivity index (χ3n) is 2.45. The maximum absolute atomic E-state index is 2.55. The molecule has 0 aliphatic carbocycles. The van der Waals surface area contributed by atoms with Gasteiger partial charge in [0.15, 0.2) is 0 Å². The van der Waals surface area contributed by atoms with Crippen LogP contribution in [0, 0.1) is 0 Å². The van der Waals surface area contributed by atoms with Gasteiger partial charge in [-0.15, -0.1) is 0 Å². The Morgan fingerprint density at radius 3 is 1.57 bits per heavy atom. The van der Waals surface area contributed by atoms with Gasteiger partial charge in [-0.1, -0.05) is 20.3 Å². The molecule has 0 aromatic carbocycles. The molecule has 1 rings (SSSR count). The first kappa shape index (κ1) is 13.9. The first-order valence-corrected chi connectivity index (χ1v) is 5.85. The van der Waals surface area contributed by atoms with Crippen molar-refractivity contribution in [3.63, 3.8) is 0 Å². The first-order valence-electron chi connectivity index (χ1n) is 5.85. The quantitative estimate of drug-likeness (QED) is 0.592. The number of hydrogen-bond donors (Lipinski definition) is 0. The van der Waals surface area contributed by atoms with Crippen molar-refractivity contribution in [3.05, 3.63) is 0 Å². The fourth-order valence-electron chi connectivity index (χ4n) is 1.48. The van der Waals surface area contributed by atoms with Crippen LogP contribution in [0.2, 0.25) is 0 Å². The van der Waals surface area contributed by atoms with Crippen LogP contribution in [-0.2, 0) is 0 Å². The van der Waals surface area contributed by atoms with E-state index in [1.807, 2.05) is 0 Å². The van der Waals surface area contributed by atoms with Crippen molar-refractivity contribution in [2.75, 3.05) is 33.2 Å². The number of piperazine rings is 1. The molecule has 0 radical (unpaired) electrons. The predicted molar refractivity (Wildman–Crippen MR) is 64.8 cm³/mol. The van der Waals surface area contributed by atoms with E-state index >= 15 is 0 Å². The summed E-state index contributed by atoms with van der Waals surface area (Å²) in [6.45, 7) is 16.0. The molecule has 0 spiro atoms. The molecule has 0 bridgehead atoms. The molecule has 2 nitrogen and oxygen atoms in total. The summed E-state index contributed by atoms with van der Waals surface area (Å²) in [6.07, 6.45) is 1.25. The van der Waals surface area contributed by atoms with E-state index < -0.39 is 0 Å². The Morgan fingerprint density at radius 2 is 1.29 bits per heavy atom. The third kappa shape index (κ3) is 5.61. The Hall–Kier alpha value is -0.0800. The highest BCUT2D eigenvalue weighted by Crippen LogP contribution is 2.14. The standard InChI is InChI=1S/C9H20N2.C3H8/c1-9(2,3)11-7-5-10(4)6-8-11;1-3-2/h5-8H2,1-4H3;3H2,1-2H3. The normalized spacial score (nSPS) is 20.1. The van der Waals surface area contributed by atoms with Gasteiger partial charge in [0.1, 0.15) is 0 Å². The summed E-state index contributed by atoms with van der Waals surface area (Å²) in [5.41, 5.74) is 0.362. The van der Waals surface area contributed by atoms with Crippen LogP contribution in [0.15, 0.2) is 0 Å². The van der Waals surface area contributed by atoms with Crippen molar-refractivity contribution in [1.82, 2.24) is 9.80 Å². The second-order valence-corrected chi connectivity index (χ2v) is 5.17. The third-order valence-corrected chi connectivity index (χ3v) is 2.45. The lowest BCUT2D eigenvalue weighted by atomic mass is 10.1. The molecule has 0 aromatic rings. The Labute approximate surface area is 90.3 Å². The van der Waals surface area contributed by atoms with Crippen LogP contribution in [0.3, 0.4) is 0 Å². The molecule has 1 aliphatic heterocycles. The van der Waals surface area contributed by atoms with Gasteiger partial charge in [-0.25, -0.2) is 0 Å². The molecule has 0 amide bonds. The molecule has 0 N–H and O–H groups in total. The predicted octanol–water partition coefficient (Wildman–Crippen LogP) is 2.45.